The highest BCUT2D eigenvalue weighted by Gasteiger charge is 2.22. The van der Waals surface area contributed by atoms with E-state index in [1.165, 1.54) is 12.1 Å². The van der Waals surface area contributed by atoms with Gasteiger partial charge in [0.15, 0.2) is 0 Å². The number of halogens is 6. The first kappa shape index (κ1) is 61.1. The van der Waals surface area contributed by atoms with Gasteiger partial charge in [0, 0.05) is 68.3 Å². The number of rotatable bonds is 6. The molecule has 0 aliphatic rings. The summed E-state index contributed by atoms with van der Waals surface area (Å²) in [6.07, 6.45) is 5.49. The maximum Gasteiger partial charge on any atom is 0.251 e. The number of aromatic amines is 3. The lowest BCUT2D eigenvalue weighted by Gasteiger charge is -2.09. The van der Waals surface area contributed by atoms with E-state index in [9.17, 15) is 14.4 Å². The van der Waals surface area contributed by atoms with Gasteiger partial charge in [-0.15, -0.1) is 12.3 Å². The van der Waals surface area contributed by atoms with Gasteiger partial charge in [-0.1, -0.05) is 130 Å². The third-order valence-corrected chi connectivity index (χ3v) is 16.5. The molecule has 0 aliphatic heterocycles. The van der Waals surface area contributed by atoms with Gasteiger partial charge in [-0.25, -0.2) is 13.5 Å². The molecule has 19 heteroatoms. The normalized spacial score (nSPS) is 10.9. The third kappa shape index (κ3) is 12.5. The first-order valence-electron chi connectivity index (χ1n) is 26.7. The number of benzene rings is 6. The molecule has 0 saturated heterocycles. The summed E-state index contributed by atoms with van der Waals surface area (Å²) in [6.45, 7) is 13.2. The predicted octanol–water partition coefficient (Wildman–Crippen LogP) is 15.5. The van der Waals surface area contributed by atoms with Crippen molar-refractivity contribution in [3.05, 3.63) is 239 Å². The van der Waals surface area contributed by atoms with Gasteiger partial charge in [-0.05, 0) is 155 Å². The Bertz CT molecular complexity index is 5150. The number of nitrogens with one attached hydrogen (secondary N) is 3. The van der Waals surface area contributed by atoms with Crippen molar-refractivity contribution in [3.63, 3.8) is 0 Å². The molecule has 87 heavy (non-hydrogen) atoms. The Morgan fingerprint density at radius 3 is 1.06 bits per heavy atom. The van der Waals surface area contributed by atoms with Gasteiger partial charge in [0.05, 0.1) is 64.3 Å². The molecule has 12 aromatic rings. The van der Waals surface area contributed by atoms with Crippen LogP contribution in [0.3, 0.4) is 0 Å². The molecule has 6 aromatic heterocycles. The van der Waals surface area contributed by atoms with Crippen LogP contribution in [-0.4, -0.2) is 55.5 Å². The first-order chi connectivity index (χ1) is 41.7. The maximum absolute atomic E-state index is 12.5. The van der Waals surface area contributed by atoms with Gasteiger partial charge in [0.1, 0.15) is 23.5 Å². The molecule has 6 heterocycles. The predicted molar refractivity (Wildman–Crippen MR) is 353 cm³/mol. The van der Waals surface area contributed by atoms with Crippen LogP contribution in [0.25, 0.3) is 84.1 Å². The lowest BCUT2D eigenvalue weighted by molar-refractivity contribution is 0.350. The molecule has 6 aromatic carbocycles. The van der Waals surface area contributed by atoms with Crippen LogP contribution >= 0.6 is 69.6 Å². The molecule has 0 atom stereocenters. The molecule has 12 rings (SSSR count). The average molecular weight is 1270 g/mol. The largest absolute Gasteiger partial charge is 0.384 e. The number of fused-ring (bicyclic) bond motifs is 3. The van der Waals surface area contributed by atoms with E-state index in [0.29, 0.717) is 64.2 Å². The van der Waals surface area contributed by atoms with Crippen molar-refractivity contribution >= 4 is 86.5 Å². The van der Waals surface area contributed by atoms with Crippen molar-refractivity contribution in [3.8, 4) is 103 Å². The SMILES string of the molecule is C#Cc1ccc(-c2cc(=O)[nH]c3c(-c4ccc(Cl)c(Cl)c4)c(C)nn23)c(C)c1.CC#Cc1ccc(-c2cc(=O)[nH]c3c(-c4ccc(Cl)c(Cl)c4)c(C)nn23)c(C)c1.Cc1cc(C#CCO)ccc1-c1cc(=O)[nH]c2c(-c3ccc(Cl)c(Cl)c3)c(C)nn12. The number of hydrogen-bond donors (Lipinski definition) is 4. The van der Waals surface area contributed by atoms with Crippen molar-refractivity contribution < 1.29 is 5.11 Å². The Labute approximate surface area is 529 Å². The lowest BCUT2D eigenvalue weighted by atomic mass is 10.0. The van der Waals surface area contributed by atoms with Crippen LogP contribution in [-0.2, 0) is 0 Å². The highest BCUT2D eigenvalue weighted by atomic mass is 35.5. The summed E-state index contributed by atoms with van der Waals surface area (Å²) < 4.78 is 5.24. The van der Waals surface area contributed by atoms with Gasteiger partial charge in [-0.3, -0.25) is 14.4 Å². The highest BCUT2D eigenvalue weighted by Crippen LogP contribution is 2.38. The van der Waals surface area contributed by atoms with Crippen LogP contribution in [0.2, 0.25) is 30.1 Å². The number of H-pyrrole nitrogens is 3. The van der Waals surface area contributed by atoms with Crippen LogP contribution in [0.5, 0.6) is 0 Å². The lowest BCUT2D eigenvalue weighted by Crippen LogP contribution is -2.10. The van der Waals surface area contributed by atoms with E-state index in [4.69, 9.17) is 86.2 Å². The zero-order valence-electron chi connectivity index (χ0n) is 47.5. The number of nitrogens with zero attached hydrogens (tertiary/aromatic N) is 6. The monoisotopic (exact) mass is 1270 g/mol. The molecule has 4 N–H and O–H groups in total. The van der Waals surface area contributed by atoms with Crippen molar-refractivity contribution in [2.75, 3.05) is 6.61 Å². The van der Waals surface area contributed by atoms with E-state index in [-0.39, 0.29) is 23.3 Å². The topological polar surface area (TPSA) is 171 Å². The fourth-order valence-electron chi connectivity index (χ4n) is 10.4. The smallest absolute Gasteiger partial charge is 0.251 e. The second-order valence-electron chi connectivity index (χ2n) is 20.2. The van der Waals surface area contributed by atoms with Crippen LogP contribution in [0.1, 0.15) is 57.4 Å². The number of aromatic nitrogens is 9. The number of aliphatic hydroxyl groups is 1. The maximum atomic E-state index is 12.5. The van der Waals surface area contributed by atoms with Crippen molar-refractivity contribution in [1.29, 1.82) is 0 Å². The van der Waals surface area contributed by atoms with Gasteiger partial charge in [-0.2, -0.15) is 15.3 Å². The summed E-state index contributed by atoms with van der Waals surface area (Å²) in [5, 5.41) is 25.7. The fraction of sp³-hybridized carbons (Fsp3) is 0.118. The molecule has 0 aliphatic carbocycles. The molecular weight excluding hydrogens is 1220 g/mol. The first-order valence-corrected chi connectivity index (χ1v) is 29.0. The zero-order valence-corrected chi connectivity index (χ0v) is 52.1. The zero-order chi connectivity index (χ0) is 62.1. The second kappa shape index (κ2) is 25.5. The minimum absolute atomic E-state index is 0.195. The van der Waals surface area contributed by atoms with E-state index in [0.717, 1.165) is 101 Å². The molecule has 0 saturated carbocycles. The molecule has 0 fully saturated rings. The van der Waals surface area contributed by atoms with Crippen LogP contribution in [0.4, 0.5) is 0 Å². The number of terminal acetylenes is 1. The summed E-state index contributed by atoms with van der Waals surface area (Å²) in [7, 11) is 0. The minimum Gasteiger partial charge on any atom is -0.384 e. The van der Waals surface area contributed by atoms with Crippen molar-refractivity contribution in [2.45, 2.75) is 48.5 Å². The van der Waals surface area contributed by atoms with Gasteiger partial charge < -0.3 is 20.1 Å². The molecule has 432 valence electrons. The van der Waals surface area contributed by atoms with Gasteiger partial charge in [0.2, 0.25) is 0 Å². The van der Waals surface area contributed by atoms with Crippen molar-refractivity contribution in [1.82, 2.24) is 43.8 Å². The second-order valence-corrected chi connectivity index (χ2v) is 22.6. The Morgan fingerprint density at radius 1 is 0.437 bits per heavy atom. The molecule has 13 nitrogen and oxygen atoms in total. The number of hydrogen-bond acceptors (Lipinski definition) is 7. The molecule has 0 amide bonds. The fourth-order valence-corrected chi connectivity index (χ4v) is 11.3. The Hall–Kier alpha value is -9.04. The highest BCUT2D eigenvalue weighted by molar-refractivity contribution is 6.43. The minimum atomic E-state index is -0.234. The van der Waals surface area contributed by atoms with E-state index < -0.39 is 0 Å². The summed E-state index contributed by atoms with van der Waals surface area (Å²) >= 11 is 36.8. The standard InChI is InChI=1S/C23H17Cl2N3O2.C23H17Cl2N3O.C22H15Cl2N3O/c1-13-10-15(4-3-9-29)5-7-17(13)20-12-21(30)26-23-22(14(2)27-28(20)23)16-6-8-18(24)19(25)11-16;1-4-5-15-6-8-17(13(2)10-15)20-12-21(29)26-23-22(14(3)27-28(20)23)16-7-9-18(24)19(25)11-16;1-4-14-5-7-16(12(2)9-14)19-11-20(28)25-22-21(13(3)26-27(19)22)15-6-8-17(23)18(24)10-15/h5-8,10-12,29H,9H2,1-2H3,(H,26,30);6-12H,1-3H3,(H,26,29);1,5-11H,2-3H3,(H,25,28). The quantitative estimate of drug-likeness (QED) is 0.120. The van der Waals surface area contributed by atoms with Crippen LogP contribution in [0, 0.1) is 77.6 Å². The van der Waals surface area contributed by atoms with E-state index in [1.54, 1.807) is 62.9 Å². The summed E-state index contributed by atoms with van der Waals surface area (Å²) in [5.41, 5.74) is 18.5. The molecule has 0 spiro atoms. The van der Waals surface area contributed by atoms with Crippen LogP contribution in [0.15, 0.2) is 142 Å². The van der Waals surface area contributed by atoms with Crippen LogP contribution < -0.4 is 16.7 Å². The van der Waals surface area contributed by atoms with E-state index >= 15 is 0 Å². The summed E-state index contributed by atoms with van der Waals surface area (Å²) in [6, 6.07) is 38.0. The van der Waals surface area contributed by atoms with E-state index in [1.807, 2.05) is 114 Å². The Morgan fingerprint density at radius 2 is 0.759 bits per heavy atom. The summed E-state index contributed by atoms with van der Waals surface area (Å²) in [5.74, 6) is 14.1. The van der Waals surface area contributed by atoms with Gasteiger partial charge in [0.25, 0.3) is 16.7 Å². The third-order valence-electron chi connectivity index (χ3n) is 14.3. The Balaban J connectivity index is 0.000000145. The summed E-state index contributed by atoms with van der Waals surface area (Å²) in [4.78, 5) is 46.2. The average Bonchev–Trinajstić information content (AvgIpc) is 2.03. The molecule has 0 radical (unpaired) electrons. The molecule has 0 bridgehead atoms. The Kier molecular flexibility index (Phi) is 17.9. The number of aryl methyl sites for hydroxylation is 6. The van der Waals surface area contributed by atoms with E-state index in [2.05, 4.69) is 54.8 Å². The molecular formula is C68H49Cl6N9O4. The van der Waals surface area contributed by atoms with Crippen molar-refractivity contribution in [2.24, 2.45) is 0 Å². The molecule has 0 unspecified atom stereocenters. The number of aliphatic hydroxyl groups excluding tert-OH is 1. The van der Waals surface area contributed by atoms with Gasteiger partial charge >= 0.3 is 0 Å².